The number of nitrogens with one attached hydrogen (secondary N) is 2. The monoisotopic (exact) mass is 289 g/mol. The SMILES string of the molecule is Cn1nccc1CNC(=O)[C@@H]1CCCO[C@H]1c1cn[nH]c1. The maximum atomic E-state index is 12.5. The third kappa shape index (κ3) is 2.97. The van der Waals surface area contributed by atoms with E-state index in [1.807, 2.05) is 13.1 Å². The number of hydrogen-bond donors (Lipinski definition) is 2. The number of nitrogens with zero attached hydrogens (tertiary/aromatic N) is 3. The van der Waals surface area contributed by atoms with Gasteiger partial charge in [-0.3, -0.25) is 14.6 Å². The summed E-state index contributed by atoms with van der Waals surface area (Å²) in [5.41, 5.74) is 1.90. The van der Waals surface area contributed by atoms with E-state index in [1.165, 1.54) is 0 Å². The highest BCUT2D eigenvalue weighted by atomic mass is 16.5. The van der Waals surface area contributed by atoms with Crippen molar-refractivity contribution in [1.29, 1.82) is 0 Å². The highest BCUT2D eigenvalue weighted by Crippen LogP contribution is 2.33. The van der Waals surface area contributed by atoms with Gasteiger partial charge in [-0.1, -0.05) is 0 Å². The maximum absolute atomic E-state index is 12.5. The molecule has 0 aromatic carbocycles. The van der Waals surface area contributed by atoms with Crippen LogP contribution in [0.3, 0.4) is 0 Å². The third-order valence-electron chi connectivity index (χ3n) is 3.87. The molecule has 0 saturated carbocycles. The van der Waals surface area contributed by atoms with Gasteiger partial charge in [-0.2, -0.15) is 10.2 Å². The van der Waals surface area contributed by atoms with Crippen molar-refractivity contribution in [2.45, 2.75) is 25.5 Å². The van der Waals surface area contributed by atoms with E-state index in [0.29, 0.717) is 13.2 Å². The summed E-state index contributed by atoms with van der Waals surface area (Å²) in [4.78, 5) is 12.5. The third-order valence-corrected chi connectivity index (χ3v) is 3.87. The van der Waals surface area contributed by atoms with Crippen LogP contribution in [0.1, 0.15) is 30.2 Å². The topological polar surface area (TPSA) is 84.8 Å². The Kier molecular flexibility index (Phi) is 4.01. The first-order valence-corrected chi connectivity index (χ1v) is 7.10. The van der Waals surface area contributed by atoms with Crippen molar-refractivity contribution >= 4 is 5.91 Å². The number of amides is 1. The highest BCUT2D eigenvalue weighted by Gasteiger charge is 2.33. The minimum atomic E-state index is -0.218. The van der Waals surface area contributed by atoms with Crippen molar-refractivity contribution in [1.82, 2.24) is 25.3 Å². The average molecular weight is 289 g/mol. The van der Waals surface area contributed by atoms with E-state index >= 15 is 0 Å². The second-order valence-electron chi connectivity index (χ2n) is 5.24. The van der Waals surface area contributed by atoms with Crippen LogP contribution in [0.4, 0.5) is 0 Å². The van der Waals surface area contributed by atoms with Crippen LogP contribution in [-0.4, -0.2) is 32.5 Å². The fourth-order valence-electron chi connectivity index (χ4n) is 2.68. The van der Waals surface area contributed by atoms with Crippen LogP contribution in [0.5, 0.6) is 0 Å². The molecule has 1 amide bonds. The number of aryl methyl sites for hydroxylation is 1. The molecule has 0 radical (unpaired) electrons. The molecule has 7 heteroatoms. The molecule has 3 heterocycles. The first-order valence-electron chi connectivity index (χ1n) is 7.10. The van der Waals surface area contributed by atoms with Gasteiger partial charge in [-0.05, 0) is 18.9 Å². The van der Waals surface area contributed by atoms with Gasteiger partial charge in [-0.15, -0.1) is 0 Å². The molecular formula is C14H19N5O2. The van der Waals surface area contributed by atoms with Crippen molar-refractivity contribution in [3.05, 3.63) is 35.9 Å². The van der Waals surface area contributed by atoms with E-state index in [-0.39, 0.29) is 17.9 Å². The molecule has 2 atom stereocenters. The second-order valence-corrected chi connectivity index (χ2v) is 5.24. The Morgan fingerprint density at radius 1 is 1.62 bits per heavy atom. The number of aromatic amines is 1. The summed E-state index contributed by atoms with van der Waals surface area (Å²) in [5.74, 6) is -0.160. The van der Waals surface area contributed by atoms with Gasteiger partial charge in [0.25, 0.3) is 0 Å². The van der Waals surface area contributed by atoms with E-state index in [9.17, 15) is 4.79 Å². The van der Waals surface area contributed by atoms with E-state index in [2.05, 4.69) is 20.6 Å². The van der Waals surface area contributed by atoms with E-state index < -0.39 is 0 Å². The van der Waals surface area contributed by atoms with Gasteiger partial charge in [-0.25, -0.2) is 0 Å². The molecule has 3 rings (SSSR count). The number of rotatable bonds is 4. The number of hydrogen-bond acceptors (Lipinski definition) is 4. The van der Waals surface area contributed by atoms with E-state index in [4.69, 9.17) is 4.74 Å². The zero-order chi connectivity index (χ0) is 14.7. The molecule has 0 aliphatic carbocycles. The number of aromatic nitrogens is 4. The molecule has 1 fully saturated rings. The lowest BCUT2D eigenvalue weighted by Gasteiger charge is -2.30. The average Bonchev–Trinajstić information content (AvgIpc) is 3.16. The summed E-state index contributed by atoms with van der Waals surface area (Å²) in [6, 6.07) is 1.89. The minimum Gasteiger partial charge on any atom is -0.373 e. The highest BCUT2D eigenvalue weighted by molar-refractivity contribution is 5.79. The fraction of sp³-hybridized carbons (Fsp3) is 0.500. The van der Waals surface area contributed by atoms with Crippen LogP contribution >= 0.6 is 0 Å². The first-order chi connectivity index (χ1) is 10.3. The molecule has 1 aliphatic heterocycles. The molecule has 0 unspecified atom stereocenters. The molecule has 1 aliphatic rings. The second kappa shape index (κ2) is 6.09. The molecule has 2 aromatic heterocycles. The molecule has 2 N–H and O–H groups in total. The van der Waals surface area contributed by atoms with Gasteiger partial charge in [0.2, 0.25) is 5.91 Å². The summed E-state index contributed by atoms with van der Waals surface area (Å²) >= 11 is 0. The van der Waals surface area contributed by atoms with Crippen LogP contribution in [0.25, 0.3) is 0 Å². The van der Waals surface area contributed by atoms with Gasteiger partial charge in [0.1, 0.15) is 0 Å². The number of carbonyl (C=O) groups is 1. The van der Waals surface area contributed by atoms with Crippen LogP contribution in [0.15, 0.2) is 24.7 Å². The Balaban J connectivity index is 1.65. The van der Waals surface area contributed by atoms with Crippen molar-refractivity contribution in [2.75, 3.05) is 6.61 Å². The lowest BCUT2D eigenvalue weighted by molar-refractivity contribution is -0.134. The number of carbonyl (C=O) groups excluding carboxylic acids is 1. The maximum Gasteiger partial charge on any atom is 0.226 e. The minimum absolute atomic E-state index is 0.0158. The first kappa shape index (κ1) is 13.8. The Labute approximate surface area is 122 Å². The van der Waals surface area contributed by atoms with Crippen LogP contribution < -0.4 is 5.32 Å². The molecule has 21 heavy (non-hydrogen) atoms. The summed E-state index contributed by atoms with van der Waals surface area (Å²) < 4.78 is 7.53. The van der Waals surface area contributed by atoms with Crippen molar-refractivity contribution in [2.24, 2.45) is 13.0 Å². The van der Waals surface area contributed by atoms with Crippen molar-refractivity contribution in [3.8, 4) is 0 Å². The Morgan fingerprint density at radius 2 is 2.52 bits per heavy atom. The van der Waals surface area contributed by atoms with Crippen molar-refractivity contribution < 1.29 is 9.53 Å². The van der Waals surface area contributed by atoms with Crippen LogP contribution in [-0.2, 0) is 23.1 Å². The summed E-state index contributed by atoms with van der Waals surface area (Å²) in [7, 11) is 1.86. The lowest BCUT2D eigenvalue weighted by Crippen LogP contribution is -2.37. The van der Waals surface area contributed by atoms with Crippen LogP contribution in [0.2, 0.25) is 0 Å². The summed E-state index contributed by atoms with van der Waals surface area (Å²) in [6.07, 6.45) is 6.74. The van der Waals surface area contributed by atoms with Gasteiger partial charge < -0.3 is 10.1 Å². The van der Waals surface area contributed by atoms with Gasteiger partial charge in [0.15, 0.2) is 0 Å². The zero-order valence-electron chi connectivity index (χ0n) is 12.0. The largest absolute Gasteiger partial charge is 0.373 e. The van der Waals surface area contributed by atoms with Gasteiger partial charge in [0.05, 0.1) is 30.5 Å². The zero-order valence-corrected chi connectivity index (χ0v) is 12.0. The number of H-pyrrole nitrogens is 1. The molecule has 0 spiro atoms. The van der Waals surface area contributed by atoms with E-state index in [1.54, 1.807) is 23.3 Å². The molecule has 1 saturated heterocycles. The Hall–Kier alpha value is -2.15. The smallest absolute Gasteiger partial charge is 0.226 e. The molecule has 112 valence electrons. The quantitative estimate of drug-likeness (QED) is 0.877. The normalized spacial score (nSPS) is 22.1. The predicted molar refractivity (Wildman–Crippen MR) is 75.1 cm³/mol. The Bertz CT molecular complexity index is 592. The molecule has 7 nitrogen and oxygen atoms in total. The summed E-state index contributed by atoms with van der Waals surface area (Å²) in [6.45, 7) is 1.16. The standard InChI is InChI=1S/C14H19N5O2/c1-19-11(4-5-18-19)9-15-14(20)12-3-2-6-21-13(12)10-7-16-17-8-10/h4-5,7-8,12-13H,2-3,6,9H2,1H3,(H,15,20)(H,16,17)/t12-,13+/m1/s1. The van der Waals surface area contributed by atoms with Crippen LogP contribution in [0, 0.1) is 5.92 Å². The van der Waals surface area contributed by atoms with E-state index in [0.717, 1.165) is 24.1 Å². The lowest BCUT2D eigenvalue weighted by atomic mass is 9.90. The molecule has 0 bridgehead atoms. The fourth-order valence-corrected chi connectivity index (χ4v) is 2.68. The predicted octanol–water partition coefficient (Wildman–Crippen LogP) is 0.927. The summed E-state index contributed by atoms with van der Waals surface area (Å²) in [5, 5.41) is 13.8. The molecule has 2 aromatic rings. The Morgan fingerprint density at radius 3 is 3.24 bits per heavy atom. The number of ether oxygens (including phenoxy) is 1. The van der Waals surface area contributed by atoms with Gasteiger partial charge in [0, 0.05) is 31.6 Å². The van der Waals surface area contributed by atoms with Gasteiger partial charge >= 0.3 is 0 Å². The molecular weight excluding hydrogens is 270 g/mol. The van der Waals surface area contributed by atoms with Crippen molar-refractivity contribution in [3.63, 3.8) is 0 Å².